The third-order valence-electron chi connectivity index (χ3n) is 3.16. The number of hydrogen-bond acceptors (Lipinski definition) is 5. The van der Waals surface area contributed by atoms with E-state index < -0.39 is 18.5 Å². The molecule has 0 radical (unpaired) electrons. The highest BCUT2D eigenvalue weighted by Gasteiger charge is 2.05. The third-order valence-corrected chi connectivity index (χ3v) is 3.59. The molecule has 2 aromatic rings. The number of aryl methyl sites for hydroxylation is 1. The van der Waals surface area contributed by atoms with Crippen molar-refractivity contribution in [2.45, 2.75) is 6.92 Å². The van der Waals surface area contributed by atoms with Gasteiger partial charge in [-0.25, -0.2) is 10.2 Å². The van der Waals surface area contributed by atoms with Crippen molar-refractivity contribution in [3.63, 3.8) is 0 Å². The molecule has 0 aliphatic carbocycles. The van der Waals surface area contributed by atoms with Gasteiger partial charge in [-0.15, -0.1) is 0 Å². The molecule has 2 rings (SSSR count). The van der Waals surface area contributed by atoms with Gasteiger partial charge in [0.1, 0.15) is 11.5 Å². The van der Waals surface area contributed by atoms with Gasteiger partial charge in [-0.3, -0.25) is 4.79 Å². The SMILES string of the molecule is Cc1cc(OCC(=O)N/N=C/c2ccccc2OCC(=O)O)ccc1Cl. The van der Waals surface area contributed by atoms with Crippen molar-refractivity contribution in [2.75, 3.05) is 13.2 Å². The molecule has 0 aliphatic rings. The third kappa shape index (κ3) is 6.10. The van der Waals surface area contributed by atoms with Crippen LogP contribution in [-0.2, 0) is 9.59 Å². The summed E-state index contributed by atoms with van der Waals surface area (Å²) in [7, 11) is 0. The van der Waals surface area contributed by atoms with Gasteiger partial charge in [-0.1, -0.05) is 23.7 Å². The van der Waals surface area contributed by atoms with Gasteiger partial charge in [0.15, 0.2) is 13.2 Å². The Labute approximate surface area is 155 Å². The number of nitrogens with one attached hydrogen (secondary N) is 1. The van der Waals surface area contributed by atoms with Crippen LogP contribution in [0.25, 0.3) is 0 Å². The molecule has 2 aromatic carbocycles. The summed E-state index contributed by atoms with van der Waals surface area (Å²) < 4.78 is 10.5. The lowest BCUT2D eigenvalue weighted by Gasteiger charge is -2.07. The number of rotatable bonds is 8. The second-order valence-electron chi connectivity index (χ2n) is 5.21. The molecule has 2 N–H and O–H groups in total. The van der Waals surface area contributed by atoms with Crippen LogP contribution in [0.1, 0.15) is 11.1 Å². The molecule has 136 valence electrons. The molecule has 0 aromatic heterocycles. The Bertz CT molecular complexity index is 823. The first-order chi connectivity index (χ1) is 12.5. The molecule has 26 heavy (non-hydrogen) atoms. The van der Waals surface area contributed by atoms with Gasteiger partial charge in [-0.2, -0.15) is 5.10 Å². The Hall–Kier alpha value is -3.06. The fourth-order valence-corrected chi connectivity index (χ4v) is 2.04. The molecule has 0 unspecified atom stereocenters. The predicted molar refractivity (Wildman–Crippen MR) is 97.0 cm³/mol. The molecule has 0 saturated carbocycles. The molecular formula is C18H17ClN2O5. The van der Waals surface area contributed by atoms with Gasteiger partial charge < -0.3 is 14.6 Å². The molecule has 0 atom stereocenters. The lowest BCUT2D eigenvalue weighted by Crippen LogP contribution is -2.24. The predicted octanol–water partition coefficient (Wildman–Crippen LogP) is 2.64. The number of ether oxygens (including phenoxy) is 2. The van der Waals surface area contributed by atoms with E-state index in [2.05, 4.69) is 10.5 Å². The quantitative estimate of drug-likeness (QED) is 0.545. The first-order valence-corrected chi connectivity index (χ1v) is 7.98. The maximum atomic E-state index is 11.8. The molecule has 0 saturated heterocycles. The van der Waals surface area contributed by atoms with Crippen LogP contribution in [0, 0.1) is 6.92 Å². The Kier molecular flexibility index (Phi) is 6.99. The summed E-state index contributed by atoms with van der Waals surface area (Å²) in [5, 5.41) is 13.1. The summed E-state index contributed by atoms with van der Waals surface area (Å²) in [4.78, 5) is 22.4. The van der Waals surface area contributed by atoms with E-state index in [0.29, 0.717) is 22.1 Å². The lowest BCUT2D eigenvalue weighted by atomic mass is 10.2. The Morgan fingerprint density at radius 3 is 2.69 bits per heavy atom. The van der Waals surface area contributed by atoms with E-state index in [-0.39, 0.29) is 6.61 Å². The van der Waals surface area contributed by atoms with Gasteiger partial charge in [0, 0.05) is 10.6 Å². The summed E-state index contributed by atoms with van der Waals surface area (Å²) in [5.41, 5.74) is 3.71. The zero-order valence-corrected chi connectivity index (χ0v) is 14.7. The van der Waals surface area contributed by atoms with Crippen LogP contribution in [0.2, 0.25) is 5.02 Å². The number of para-hydroxylation sites is 1. The first kappa shape index (κ1) is 19.3. The number of carbonyl (C=O) groups is 2. The number of hydrazone groups is 1. The van der Waals surface area contributed by atoms with E-state index in [4.69, 9.17) is 26.2 Å². The van der Waals surface area contributed by atoms with Crippen LogP contribution in [0.5, 0.6) is 11.5 Å². The lowest BCUT2D eigenvalue weighted by molar-refractivity contribution is -0.139. The minimum Gasteiger partial charge on any atom is -0.484 e. The monoisotopic (exact) mass is 376 g/mol. The smallest absolute Gasteiger partial charge is 0.341 e. The minimum atomic E-state index is -1.08. The molecule has 8 heteroatoms. The molecule has 0 heterocycles. The van der Waals surface area contributed by atoms with Crippen molar-refractivity contribution < 1.29 is 24.2 Å². The zero-order chi connectivity index (χ0) is 18.9. The molecule has 0 aliphatic heterocycles. The van der Waals surface area contributed by atoms with E-state index in [1.165, 1.54) is 6.21 Å². The van der Waals surface area contributed by atoms with Gasteiger partial charge in [0.05, 0.1) is 6.21 Å². The summed E-state index contributed by atoms with van der Waals surface area (Å²) in [6.07, 6.45) is 1.36. The number of carboxylic acid groups (broad SMARTS) is 1. The summed E-state index contributed by atoms with van der Waals surface area (Å²) in [5.74, 6) is -0.656. The minimum absolute atomic E-state index is 0.213. The van der Waals surface area contributed by atoms with Crippen LogP contribution in [0.4, 0.5) is 0 Å². The van der Waals surface area contributed by atoms with Gasteiger partial charge in [-0.05, 0) is 42.8 Å². The number of carboxylic acids is 1. The normalized spacial score (nSPS) is 10.5. The fraction of sp³-hybridized carbons (Fsp3) is 0.167. The van der Waals surface area contributed by atoms with Crippen molar-refractivity contribution >= 4 is 29.7 Å². The van der Waals surface area contributed by atoms with Crippen molar-refractivity contribution in [1.29, 1.82) is 0 Å². The number of hydrogen-bond donors (Lipinski definition) is 2. The molecule has 0 spiro atoms. The summed E-state index contributed by atoms with van der Waals surface area (Å²) >= 11 is 5.93. The largest absolute Gasteiger partial charge is 0.484 e. The molecule has 0 fully saturated rings. The number of halogens is 1. The van der Waals surface area contributed by atoms with E-state index in [9.17, 15) is 9.59 Å². The average molecular weight is 377 g/mol. The van der Waals surface area contributed by atoms with Crippen LogP contribution in [0.15, 0.2) is 47.6 Å². The molecule has 7 nitrogen and oxygen atoms in total. The van der Waals surface area contributed by atoms with E-state index in [0.717, 1.165) is 5.56 Å². The molecule has 1 amide bonds. The standard InChI is InChI=1S/C18H17ClN2O5/c1-12-8-14(6-7-15(12)19)25-10-17(22)21-20-9-13-4-2-3-5-16(13)26-11-18(23)24/h2-9H,10-11H2,1H3,(H,21,22)(H,23,24)/b20-9+. The van der Waals surface area contributed by atoms with E-state index in [1.54, 1.807) is 42.5 Å². The van der Waals surface area contributed by atoms with Gasteiger partial charge >= 0.3 is 5.97 Å². The van der Waals surface area contributed by atoms with Crippen molar-refractivity contribution in [3.05, 3.63) is 58.6 Å². The number of aliphatic carboxylic acids is 1. The van der Waals surface area contributed by atoms with Crippen LogP contribution in [0.3, 0.4) is 0 Å². The highest BCUT2D eigenvalue weighted by molar-refractivity contribution is 6.31. The first-order valence-electron chi connectivity index (χ1n) is 7.60. The topological polar surface area (TPSA) is 97.2 Å². The Morgan fingerprint density at radius 1 is 1.19 bits per heavy atom. The van der Waals surface area contributed by atoms with Crippen LogP contribution >= 0.6 is 11.6 Å². The molecule has 0 bridgehead atoms. The summed E-state index contributed by atoms with van der Waals surface area (Å²) in [6, 6.07) is 11.8. The van der Waals surface area contributed by atoms with Crippen molar-refractivity contribution in [2.24, 2.45) is 5.10 Å². The second kappa shape index (κ2) is 9.43. The highest BCUT2D eigenvalue weighted by atomic mass is 35.5. The van der Waals surface area contributed by atoms with Crippen LogP contribution < -0.4 is 14.9 Å². The Morgan fingerprint density at radius 2 is 1.96 bits per heavy atom. The van der Waals surface area contributed by atoms with E-state index >= 15 is 0 Å². The fourth-order valence-electron chi connectivity index (χ4n) is 1.92. The maximum absolute atomic E-state index is 11.8. The Balaban J connectivity index is 1.86. The van der Waals surface area contributed by atoms with Crippen molar-refractivity contribution in [1.82, 2.24) is 5.43 Å². The van der Waals surface area contributed by atoms with Crippen LogP contribution in [-0.4, -0.2) is 36.4 Å². The number of nitrogens with zero attached hydrogens (tertiary/aromatic N) is 1. The number of benzene rings is 2. The second-order valence-corrected chi connectivity index (χ2v) is 5.62. The highest BCUT2D eigenvalue weighted by Crippen LogP contribution is 2.20. The van der Waals surface area contributed by atoms with Gasteiger partial charge in [0.25, 0.3) is 5.91 Å². The molecular weight excluding hydrogens is 360 g/mol. The maximum Gasteiger partial charge on any atom is 0.341 e. The van der Waals surface area contributed by atoms with Crippen molar-refractivity contribution in [3.8, 4) is 11.5 Å². The zero-order valence-electron chi connectivity index (χ0n) is 13.9. The summed E-state index contributed by atoms with van der Waals surface area (Å²) in [6.45, 7) is 1.16. The average Bonchev–Trinajstić information content (AvgIpc) is 2.62. The van der Waals surface area contributed by atoms with E-state index in [1.807, 2.05) is 6.92 Å². The van der Waals surface area contributed by atoms with Gasteiger partial charge in [0.2, 0.25) is 0 Å². The number of carbonyl (C=O) groups excluding carboxylic acids is 1. The number of amides is 1.